The molecule has 0 aromatic heterocycles. The summed E-state index contributed by atoms with van der Waals surface area (Å²) in [5, 5.41) is 0. The summed E-state index contributed by atoms with van der Waals surface area (Å²) >= 11 is 0. The van der Waals surface area contributed by atoms with E-state index in [0.717, 1.165) is 0 Å². The van der Waals surface area contributed by atoms with Crippen LogP contribution in [0.25, 0.3) is 0 Å². The van der Waals surface area contributed by atoms with Gasteiger partial charge in [0.15, 0.2) is 0 Å². The normalized spacial score (nSPS) is 10.3. The summed E-state index contributed by atoms with van der Waals surface area (Å²) in [7, 11) is 3.05. The maximum Gasteiger partial charge on any atom is 0.483 e. The van der Waals surface area contributed by atoms with E-state index in [9.17, 15) is 0 Å². The van der Waals surface area contributed by atoms with E-state index in [2.05, 4.69) is 0 Å². The Balaban J connectivity index is 0. The van der Waals surface area contributed by atoms with E-state index in [-0.39, 0.29) is 1.43 Å². The molecule has 0 saturated carbocycles. The van der Waals surface area contributed by atoms with E-state index >= 15 is 0 Å². The minimum Gasteiger partial charge on any atom is -0.379 e. The Morgan fingerprint density at radius 2 is 1.29 bits per heavy atom. The van der Waals surface area contributed by atoms with Crippen LogP contribution in [0.1, 0.15) is 1.43 Å². The van der Waals surface area contributed by atoms with E-state index in [1.165, 1.54) is 0 Å². The van der Waals surface area contributed by atoms with Crippen LogP contribution in [0, 0.1) is 0 Å². The standard InChI is InChI=1S/C3H10O3Si.H/c1-4-7(5-2)6-3;/h7H,1-3H3;. The second kappa shape index (κ2) is 4.26. The fraction of sp³-hybridized carbons (Fsp3) is 1.00. The van der Waals surface area contributed by atoms with Gasteiger partial charge in [-0.25, -0.2) is 0 Å². The van der Waals surface area contributed by atoms with Crippen LogP contribution in [0.3, 0.4) is 0 Å². The molecule has 0 aromatic rings. The van der Waals surface area contributed by atoms with Gasteiger partial charge in [-0.1, -0.05) is 0 Å². The number of rotatable bonds is 3. The van der Waals surface area contributed by atoms with Gasteiger partial charge in [-0.15, -0.1) is 0 Å². The van der Waals surface area contributed by atoms with Crippen LogP contribution >= 0.6 is 0 Å². The highest BCUT2D eigenvalue weighted by Gasteiger charge is 2.04. The first kappa shape index (κ1) is 7.10. The molecule has 7 heavy (non-hydrogen) atoms. The van der Waals surface area contributed by atoms with Crippen LogP contribution in [0.5, 0.6) is 0 Å². The quantitative estimate of drug-likeness (QED) is 0.485. The number of hydrogen-bond acceptors (Lipinski definition) is 3. The first-order chi connectivity index (χ1) is 3.35. The lowest BCUT2D eigenvalue weighted by molar-refractivity contribution is 0.163. The summed E-state index contributed by atoms with van der Waals surface area (Å²) in [6, 6.07) is 0. The number of hydrogen-bond donors (Lipinski definition) is 0. The minimum absolute atomic E-state index is 0. The second-order valence-corrected chi connectivity index (χ2v) is 2.99. The average Bonchev–Trinajstić information content (AvgIpc) is 1.72. The first-order valence-corrected chi connectivity index (χ1v) is 3.35. The van der Waals surface area contributed by atoms with Crippen LogP contribution in [-0.2, 0) is 13.3 Å². The highest BCUT2D eigenvalue weighted by molar-refractivity contribution is 6.36. The molecular formula is C3H11O3Si. The smallest absolute Gasteiger partial charge is 0.379 e. The Kier molecular flexibility index (Phi) is 4.32. The van der Waals surface area contributed by atoms with Crippen molar-refractivity contribution in [3.05, 3.63) is 0 Å². The summed E-state index contributed by atoms with van der Waals surface area (Å²) in [6.07, 6.45) is 0. The van der Waals surface area contributed by atoms with Crippen LogP contribution in [0.4, 0.5) is 0 Å². The molecule has 3 nitrogen and oxygen atoms in total. The van der Waals surface area contributed by atoms with Crippen molar-refractivity contribution in [2.45, 2.75) is 0 Å². The molecule has 0 fully saturated rings. The van der Waals surface area contributed by atoms with Crippen molar-refractivity contribution >= 4 is 9.53 Å². The molecule has 0 atom stereocenters. The predicted molar refractivity (Wildman–Crippen MR) is 29.3 cm³/mol. The molecule has 0 aliphatic heterocycles. The van der Waals surface area contributed by atoms with Gasteiger partial charge in [0, 0.05) is 22.8 Å². The molecule has 0 heterocycles. The Bertz CT molecular complexity index is 36.0. The van der Waals surface area contributed by atoms with Gasteiger partial charge in [0.25, 0.3) is 0 Å². The fourth-order valence-corrected chi connectivity index (χ4v) is 0.866. The van der Waals surface area contributed by atoms with Crippen molar-refractivity contribution < 1.29 is 14.7 Å². The Hall–Kier alpha value is 0.0969. The molecule has 0 N–H and O–H groups in total. The average molecular weight is 123 g/mol. The van der Waals surface area contributed by atoms with Gasteiger partial charge in [0.1, 0.15) is 0 Å². The van der Waals surface area contributed by atoms with Crippen molar-refractivity contribution in [2.24, 2.45) is 0 Å². The first-order valence-electron chi connectivity index (χ1n) is 1.93. The van der Waals surface area contributed by atoms with Gasteiger partial charge < -0.3 is 13.3 Å². The molecular weight excluding hydrogens is 112 g/mol. The molecule has 45 valence electrons. The largest absolute Gasteiger partial charge is 0.483 e. The van der Waals surface area contributed by atoms with Gasteiger partial charge in [-0.2, -0.15) is 0 Å². The minimum atomic E-state index is -1.67. The molecule has 0 rings (SSSR count). The fourth-order valence-electron chi connectivity index (χ4n) is 0.289. The maximum atomic E-state index is 4.74. The third-order valence-corrected chi connectivity index (χ3v) is 1.73. The molecule has 0 saturated heterocycles. The van der Waals surface area contributed by atoms with Gasteiger partial charge >= 0.3 is 9.53 Å². The SMILES string of the molecule is CO[SiH](OC)OC.[H]. The van der Waals surface area contributed by atoms with Crippen LogP contribution in [-0.4, -0.2) is 30.9 Å². The molecule has 0 aliphatic rings. The van der Waals surface area contributed by atoms with E-state index in [1.807, 2.05) is 0 Å². The van der Waals surface area contributed by atoms with E-state index < -0.39 is 9.53 Å². The highest BCUT2D eigenvalue weighted by Crippen LogP contribution is 1.81. The summed E-state index contributed by atoms with van der Waals surface area (Å²) in [5.74, 6) is 0. The monoisotopic (exact) mass is 123 g/mol. The Morgan fingerprint density at radius 1 is 1.00 bits per heavy atom. The molecule has 0 aliphatic carbocycles. The summed E-state index contributed by atoms with van der Waals surface area (Å²) in [5.41, 5.74) is 0. The van der Waals surface area contributed by atoms with Crippen molar-refractivity contribution in [1.82, 2.24) is 0 Å². The topological polar surface area (TPSA) is 27.7 Å². The summed E-state index contributed by atoms with van der Waals surface area (Å²) < 4.78 is 14.2. The van der Waals surface area contributed by atoms with Crippen LogP contribution in [0.2, 0.25) is 0 Å². The van der Waals surface area contributed by atoms with Crippen LogP contribution < -0.4 is 0 Å². The summed E-state index contributed by atoms with van der Waals surface area (Å²) in [4.78, 5) is 0. The van der Waals surface area contributed by atoms with Crippen molar-refractivity contribution in [1.29, 1.82) is 0 Å². The van der Waals surface area contributed by atoms with E-state index in [1.54, 1.807) is 21.3 Å². The Labute approximate surface area is 46.6 Å². The molecule has 0 spiro atoms. The molecule has 1 radical (unpaired) electrons. The lowest BCUT2D eigenvalue weighted by atomic mass is 11.8. The molecule has 0 unspecified atom stereocenters. The van der Waals surface area contributed by atoms with Gasteiger partial charge in [0.05, 0.1) is 0 Å². The second-order valence-electron chi connectivity index (χ2n) is 0.996. The predicted octanol–water partition coefficient (Wildman–Crippen LogP) is -0.245. The van der Waals surface area contributed by atoms with E-state index in [0.29, 0.717) is 0 Å². The molecule has 0 aromatic carbocycles. The highest BCUT2D eigenvalue weighted by atomic mass is 28.3. The lowest BCUT2D eigenvalue weighted by Crippen LogP contribution is -2.21. The molecule has 4 heteroatoms. The Morgan fingerprint density at radius 3 is 1.29 bits per heavy atom. The third kappa shape index (κ3) is 2.75. The zero-order chi connectivity index (χ0) is 5.70. The van der Waals surface area contributed by atoms with Crippen molar-refractivity contribution in [3.63, 3.8) is 0 Å². The zero-order valence-electron chi connectivity index (χ0n) is 5.80. The van der Waals surface area contributed by atoms with Crippen molar-refractivity contribution in [2.75, 3.05) is 21.3 Å². The van der Waals surface area contributed by atoms with Gasteiger partial charge in [0.2, 0.25) is 0 Å². The lowest BCUT2D eigenvalue weighted by Gasteiger charge is -2.05. The van der Waals surface area contributed by atoms with Gasteiger partial charge in [-0.05, 0) is 0 Å². The maximum absolute atomic E-state index is 4.74. The third-order valence-electron chi connectivity index (χ3n) is 0.577. The zero-order valence-corrected chi connectivity index (χ0v) is 5.96. The van der Waals surface area contributed by atoms with Crippen LogP contribution in [0.15, 0.2) is 0 Å². The van der Waals surface area contributed by atoms with E-state index in [4.69, 9.17) is 13.3 Å². The summed E-state index contributed by atoms with van der Waals surface area (Å²) in [6.45, 7) is 0. The van der Waals surface area contributed by atoms with Crippen molar-refractivity contribution in [3.8, 4) is 0 Å². The molecule has 0 amide bonds. The molecule has 0 bridgehead atoms. The van der Waals surface area contributed by atoms with Gasteiger partial charge in [-0.3, -0.25) is 0 Å².